The minimum Gasteiger partial charge on any atom is -0.465 e. The van der Waals surface area contributed by atoms with Crippen molar-refractivity contribution in [2.45, 2.75) is 114 Å². The maximum atomic E-state index is 15.2. The lowest BCUT2D eigenvalue weighted by Gasteiger charge is -2.31. The third kappa shape index (κ3) is 20.1. The van der Waals surface area contributed by atoms with Crippen LogP contribution in [0.15, 0.2) is 200 Å². The predicted molar refractivity (Wildman–Crippen MR) is 452 cm³/mol. The van der Waals surface area contributed by atoms with Gasteiger partial charge in [0.1, 0.15) is 19.8 Å². The van der Waals surface area contributed by atoms with E-state index in [1.165, 1.54) is 35.3 Å². The molecule has 0 aliphatic heterocycles. The van der Waals surface area contributed by atoms with Crippen molar-refractivity contribution >= 4 is 140 Å². The van der Waals surface area contributed by atoms with E-state index in [2.05, 4.69) is 0 Å². The quantitative estimate of drug-likeness (QED) is 0.0114. The van der Waals surface area contributed by atoms with Crippen molar-refractivity contribution in [3.05, 3.63) is 284 Å². The molecule has 15 nitrogen and oxygen atoms in total. The summed E-state index contributed by atoms with van der Waals surface area (Å²) < 4.78 is 63.2. The highest BCUT2D eigenvalue weighted by Gasteiger charge is 2.43. The summed E-state index contributed by atoms with van der Waals surface area (Å²) in [6.45, 7) is 16.9. The average molecular weight is 1610 g/mol. The van der Waals surface area contributed by atoms with Crippen LogP contribution < -0.4 is 31.8 Å². The van der Waals surface area contributed by atoms with Crippen LogP contribution in [-0.2, 0) is 42.3 Å². The molecule has 9 rings (SSSR count). The Bertz CT molecular complexity index is 4440. The molecule has 21 heteroatoms. The predicted octanol–water partition coefficient (Wildman–Crippen LogP) is 17.4. The van der Waals surface area contributed by atoms with E-state index in [0.29, 0.717) is 116 Å². The zero-order valence-electron chi connectivity index (χ0n) is 64.6. The van der Waals surface area contributed by atoms with Crippen LogP contribution in [0.2, 0.25) is 0 Å². The number of Topliss-reactive ketones (excluding diaryl/α,β-unsaturated/α-hetero) is 3. The lowest BCUT2D eigenvalue weighted by molar-refractivity contribution is -0.161. The van der Waals surface area contributed by atoms with Crippen LogP contribution in [0, 0.1) is 67.7 Å². The Morgan fingerprint density at radius 3 is 0.676 bits per heavy atom. The van der Waals surface area contributed by atoms with Crippen LogP contribution in [0.5, 0.6) is 0 Å². The van der Waals surface area contributed by atoms with E-state index >= 15 is 13.7 Å². The molecular weight excluding hydrogens is 1510 g/mol. The number of aryl methyl sites for hydroxylation is 6. The number of benzene rings is 9. The molecule has 0 spiro atoms. The normalized spacial score (nSPS) is 11.7. The highest BCUT2D eigenvalue weighted by molar-refractivity contribution is 7.99. The topological polar surface area (TPSA) is 233 Å². The Hall–Kier alpha value is -8.85. The molecule has 9 aromatic rings. The van der Waals surface area contributed by atoms with E-state index < -0.39 is 61.3 Å². The molecule has 0 aliphatic rings. The van der Waals surface area contributed by atoms with E-state index in [1.54, 1.807) is 249 Å². The second kappa shape index (κ2) is 39.6. The summed E-state index contributed by atoms with van der Waals surface area (Å²) in [5.74, 6) is -0.512. The van der Waals surface area contributed by atoms with Gasteiger partial charge in [-0.1, -0.05) is 207 Å². The first-order valence-electron chi connectivity index (χ1n) is 37.0. The molecule has 0 fully saturated rings. The standard InChI is InChI=1S/C90H95O15P3S3/c1-11-90(57-103-78(94)45-51-109-48-42-75(91)81-60(2)54-63(5)84(66(81)8)87(97)106(100,69-30-18-12-19-31-69)70-32-20-13-21-33-70,58-104-79(95)46-52-110-49-43-76(92)82-61(3)55-64(6)85(67(82)9)88(98)107(101,71-34-22-14-23-35-71)72-36-24-15-25-37-72)59-105-80(96)47-53-111-50-44-77(93)83-62(4)56-65(7)86(68(83)10)89(99)108(102,73-38-26-16-27-39-73)74-40-28-17-29-41-74/h12-41,54-56H,11,42-53,57-59H2,1-10H3. The fourth-order valence-electron chi connectivity index (χ4n) is 14.3. The average Bonchev–Trinajstić information content (AvgIpc) is 0.758. The summed E-state index contributed by atoms with van der Waals surface area (Å²) >= 11 is 4.10. The number of esters is 3. The van der Waals surface area contributed by atoms with Crippen LogP contribution in [-0.4, -0.2) is 106 Å². The molecular formula is C90H95O15P3S3. The van der Waals surface area contributed by atoms with E-state index in [9.17, 15) is 43.2 Å². The van der Waals surface area contributed by atoms with Gasteiger partial charge in [-0.05, 0) is 119 Å². The van der Waals surface area contributed by atoms with Crippen molar-refractivity contribution < 1.29 is 71.1 Å². The number of rotatable bonds is 40. The number of hydrogen-bond donors (Lipinski definition) is 0. The highest BCUT2D eigenvalue weighted by atomic mass is 32.2. The van der Waals surface area contributed by atoms with Crippen molar-refractivity contribution in [3.63, 3.8) is 0 Å². The maximum absolute atomic E-state index is 15.2. The SMILES string of the molecule is CCC(COC(=O)CCSCCC(=O)c1c(C)cc(C)c(C(=O)P(=O)(c2ccccc2)c2ccccc2)c1C)(COC(=O)CCSCCC(=O)c1c(C)cc(C)c(C(=O)P(=O)(c2ccccc2)c2ccccc2)c1C)COC(=O)CCSCCC(=O)c1c(C)cc(C)c(C(=O)P(=O)(c2ccccc2)c2ccccc2)c1C. The second-order valence-corrected chi connectivity index (χ2v) is 39.5. The van der Waals surface area contributed by atoms with Gasteiger partial charge in [0.05, 0.1) is 24.7 Å². The minimum atomic E-state index is -3.89. The van der Waals surface area contributed by atoms with Crippen LogP contribution in [0.3, 0.4) is 0 Å². The van der Waals surface area contributed by atoms with Gasteiger partial charge in [-0.25, -0.2) is 0 Å². The third-order valence-electron chi connectivity index (χ3n) is 20.1. The summed E-state index contributed by atoms with van der Waals surface area (Å²) in [4.78, 5) is 127. The summed E-state index contributed by atoms with van der Waals surface area (Å²) in [6.07, 6.45) is 0.345. The molecule has 111 heavy (non-hydrogen) atoms. The third-order valence-corrected chi connectivity index (χ3v) is 31.6. The number of ketones is 3. The molecule has 0 N–H and O–H groups in total. The maximum Gasteiger partial charge on any atom is 0.306 e. The number of thioether (sulfide) groups is 3. The van der Waals surface area contributed by atoms with Crippen molar-refractivity contribution in [1.82, 2.24) is 0 Å². The number of hydrogen-bond acceptors (Lipinski definition) is 18. The van der Waals surface area contributed by atoms with Gasteiger partial charge in [0.15, 0.2) is 17.3 Å². The van der Waals surface area contributed by atoms with Gasteiger partial charge in [-0.3, -0.25) is 43.2 Å². The monoisotopic (exact) mass is 1600 g/mol. The molecule has 0 heterocycles. The first-order valence-corrected chi connectivity index (χ1v) is 45.6. The minimum absolute atomic E-state index is 0.0486. The molecule has 578 valence electrons. The zero-order chi connectivity index (χ0) is 80.2. The van der Waals surface area contributed by atoms with Crippen molar-refractivity contribution in [2.24, 2.45) is 5.41 Å². The summed E-state index contributed by atoms with van der Waals surface area (Å²) in [5, 5.41) is 2.34. The molecule has 0 bridgehead atoms. The lowest BCUT2D eigenvalue weighted by Crippen LogP contribution is -2.39. The molecule has 0 atom stereocenters. The van der Waals surface area contributed by atoms with Gasteiger partial charge in [0.2, 0.25) is 38.0 Å². The first-order chi connectivity index (χ1) is 53.1. The fraction of sp³-hybridized carbons (Fsp3) is 0.300. The van der Waals surface area contributed by atoms with Crippen LogP contribution >= 0.6 is 56.7 Å². The van der Waals surface area contributed by atoms with E-state index in [-0.39, 0.29) is 116 Å². The van der Waals surface area contributed by atoms with Crippen LogP contribution in [0.1, 0.15) is 164 Å². The summed E-state index contributed by atoms with van der Waals surface area (Å²) in [6, 6.07) is 57.3. The van der Waals surface area contributed by atoms with Crippen molar-refractivity contribution in [1.29, 1.82) is 0 Å². The molecule has 0 unspecified atom stereocenters. The second-order valence-electron chi connectivity index (χ2n) is 27.9. The van der Waals surface area contributed by atoms with Gasteiger partial charge < -0.3 is 27.9 Å². The Morgan fingerprint density at radius 2 is 0.477 bits per heavy atom. The Labute approximate surface area is 664 Å². The Kier molecular flexibility index (Phi) is 30.7. The Balaban J connectivity index is 0.811. The number of ether oxygens (including phenoxy) is 3. The van der Waals surface area contributed by atoms with Gasteiger partial charge in [0, 0.05) is 119 Å². The molecule has 0 saturated carbocycles. The molecule has 9 aromatic carbocycles. The zero-order valence-corrected chi connectivity index (χ0v) is 69.7. The largest absolute Gasteiger partial charge is 0.465 e. The van der Waals surface area contributed by atoms with Gasteiger partial charge in [-0.15, -0.1) is 0 Å². The molecule has 0 amide bonds. The van der Waals surface area contributed by atoms with Crippen molar-refractivity contribution in [2.75, 3.05) is 54.3 Å². The summed E-state index contributed by atoms with van der Waals surface area (Å²) in [7, 11) is -11.7. The highest BCUT2D eigenvalue weighted by Crippen LogP contribution is 2.51. The number of carbonyl (C=O) groups is 9. The van der Waals surface area contributed by atoms with E-state index in [0.717, 1.165) is 0 Å². The molecule has 0 aliphatic carbocycles. The Morgan fingerprint density at radius 1 is 0.288 bits per heavy atom. The number of carbonyl (C=O) groups excluding carboxylic acids is 9. The molecule has 0 radical (unpaired) electrons. The fourth-order valence-corrected chi connectivity index (χ4v) is 24.6. The molecule has 0 aromatic heterocycles. The smallest absolute Gasteiger partial charge is 0.306 e. The van der Waals surface area contributed by atoms with Gasteiger partial charge >= 0.3 is 17.9 Å². The van der Waals surface area contributed by atoms with Crippen molar-refractivity contribution in [3.8, 4) is 0 Å². The van der Waals surface area contributed by atoms with E-state index in [1.807, 2.05) is 20.8 Å². The lowest BCUT2D eigenvalue weighted by atomic mass is 9.88. The molecule has 0 saturated heterocycles. The summed E-state index contributed by atoms with van der Waals surface area (Å²) in [5.41, 5.74) is 4.26. The first kappa shape index (κ1) is 86.1. The van der Waals surface area contributed by atoms with Gasteiger partial charge in [-0.2, -0.15) is 35.3 Å². The van der Waals surface area contributed by atoms with E-state index in [4.69, 9.17) is 14.2 Å². The van der Waals surface area contributed by atoms with Gasteiger partial charge in [0.25, 0.3) is 0 Å². The van der Waals surface area contributed by atoms with Crippen LogP contribution in [0.4, 0.5) is 0 Å². The van der Waals surface area contributed by atoms with Crippen LogP contribution in [0.25, 0.3) is 0 Å².